The third kappa shape index (κ3) is 3.95. The molecule has 0 radical (unpaired) electrons. The Balaban J connectivity index is 2.02. The van der Waals surface area contributed by atoms with Crippen molar-refractivity contribution in [2.24, 2.45) is 5.73 Å². The Labute approximate surface area is 123 Å². The lowest BCUT2D eigenvalue weighted by Gasteiger charge is -2.37. The Hall–Kier alpha value is -2.08. The summed E-state index contributed by atoms with van der Waals surface area (Å²) in [6.07, 6.45) is 3.11. The molecule has 21 heavy (non-hydrogen) atoms. The average Bonchev–Trinajstić information content (AvgIpc) is 2.42. The van der Waals surface area contributed by atoms with Gasteiger partial charge in [0, 0.05) is 18.2 Å². The van der Waals surface area contributed by atoms with Gasteiger partial charge in [-0.25, -0.2) is 0 Å². The van der Waals surface area contributed by atoms with Crippen molar-refractivity contribution in [3.8, 4) is 5.75 Å². The van der Waals surface area contributed by atoms with Crippen molar-refractivity contribution < 1.29 is 19.4 Å². The Morgan fingerprint density at radius 1 is 1.29 bits per heavy atom. The molecule has 0 atom stereocenters. The second-order valence-corrected chi connectivity index (χ2v) is 5.09. The highest BCUT2D eigenvalue weighted by Gasteiger charge is 2.28. The zero-order chi connectivity index (χ0) is 15.2. The van der Waals surface area contributed by atoms with Crippen molar-refractivity contribution in [2.75, 3.05) is 19.8 Å². The Kier molecular flexibility index (Phi) is 5.16. The molecule has 3 N–H and O–H groups in total. The number of carbonyl (C=O) groups excluding carboxylic acids is 2. The molecule has 0 unspecified atom stereocenters. The van der Waals surface area contributed by atoms with Crippen molar-refractivity contribution in [3.05, 3.63) is 29.8 Å². The molecule has 1 aromatic carbocycles. The van der Waals surface area contributed by atoms with Crippen LogP contribution in [0.15, 0.2) is 24.3 Å². The molecule has 1 aliphatic carbocycles. The molecule has 6 nitrogen and oxygen atoms in total. The summed E-state index contributed by atoms with van der Waals surface area (Å²) in [7, 11) is 0. The van der Waals surface area contributed by atoms with Crippen molar-refractivity contribution in [3.63, 3.8) is 0 Å². The molecule has 1 aromatic rings. The average molecular weight is 292 g/mol. The molecule has 6 heteroatoms. The van der Waals surface area contributed by atoms with Gasteiger partial charge in [0.15, 0.2) is 6.61 Å². The van der Waals surface area contributed by atoms with Gasteiger partial charge in [-0.15, -0.1) is 0 Å². The van der Waals surface area contributed by atoms with Gasteiger partial charge in [-0.05, 0) is 43.5 Å². The van der Waals surface area contributed by atoms with Gasteiger partial charge in [-0.3, -0.25) is 9.59 Å². The molecule has 0 aliphatic heterocycles. The number of hydrogen-bond acceptors (Lipinski definition) is 4. The Bertz CT molecular complexity index is 497. The second-order valence-electron chi connectivity index (χ2n) is 5.09. The standard InChI is InChI=1S/C15H20N2O4/c16-14(19)10-21-13-6-4-11(5-7-13)15(20)17(8-9-18)12-2-1-3-12/h4-7,12,18H,1-3,8-10H2,(H2,16,19). The SMILES string of the molecule is NC(=O)COc1ccc(C(=O)N(CCO)C2CCC2)cc1. The van der Waals surface area contributed by atoms with Crippen molar-refractivity contribution in [1.29, 1.82) is 0 Å². The number of aliphatic hydroxyl groups is 1. The van der Waals surface area contributed by atoms with Crippen molar-refractivity contribution in [1.82, 2.24) is 4.90 Å². The van der Waals surface area contributed by atoms with Gasteiger partial charge in [-0.2, -0.15) is 0 Å². The van der Waals surface area contributed by atoms with Gasteiger partial charge in [0.2, 0.25) is 0 Å². The molecule has 2 amide bonds. The van der Waals surface area contributed by atoms with Crippen LogP contribution in [0, 0.1) is 0 Å². The van der Waals surface area contributed by atoms with E-state index in [-0.39, 0.29) is 25.2 Å². The third-order valence-electron chi connectivity index (χ3n) is 3.60. The number of carbonyl (C=O) groups is 2. The first kappa shape index (κ1) is 15.3. The summed E-state index contributed by atoms with van der Waals surface area (Å²) in [5.74, 6) is -0.146. The zero-order valence-corrected chi connectivity index (χ0v) is 11.8. The first-order chi connectivity index (χ1) is 10.1. The number of benzene rings is 1. The molecule has 1 saturated carbocycles. The summed E-state index contributed by atoms with van der Waals surface area (Å²) in [5, 5.41) is 9.11. The number of rotatable bonds is 7. The fourth-order valence-corrected chi connectivity index (χ4v) is 2.27. The molecule has 2 rings (SSSR count). The maximum Gasteiger partial charge on any atom is 0.255 e. The van der Waals surface area contributed by atoms with Crippen LogP contribution < -0.4 is 10.5 Å². The first-order valence-electron chi connectivity index (χ1n) is 7.05. The summed E-state index contributed by atoms with van der Waals surface area (Å²) < 4.78 is 5.15. The van der Waals surface area contributed by atoms with E-state index in [2.05, 4.69) is 0 Å². The quantitative estimate of drug-likeness (QED) is 0.767. The Morgan fingerprint density at radius 3 is 2.43 bits per heavy atom. The fourth-order valence-electron chi connectivity index (χ4n) is 2.27. The predicted octanol–water partition coefficient (Wildman–Crippen LogP) is 0.538. The van der Waals surface area contributed by atoms with E-state index in [1.807, 2.05) is 0 Å². The number of primary amides is 1. The van der Waals surface area contributed by atoms with Gasteiger partial charge in [-0.1, -0.05) is 0 Å². The molecule has 0 saturated heterocycles. The van der Waals surface area contributed by atoms with Crippen LogP contribution in [0.4, 0.5) is 0 Å². The van der Waals surface area contributed by atoms with Gasteiger partial charge < -0.3 is 20.5 Å². The number of amides is 2. The molecule has 1 aliphatic rings. The number of nitrogens with two attached hydrogens (primary N) is 1. The monoisotopic (exact) mass is 292 g/mol. The van der Waals surface area contributed by atoms with E-state index in [1.54, 1.807) is 29.2 Å². The topological polar surface area (TPSA) is 92.9 Å². The molecular formula is C15H20N2O4. The third-order valence-corrected chi connectivity index (χ3v) is 3.60. The van der Waals surface area contributed by atoms with E-state index in [0.29, 0.717) is 17.9 Å². The Morgan fingerprint density at radius 2 is 1.95 bits per heavy atom. The lowest BCUT2D eigenvalue weighted by atomic mass is 9.91. The molecule has 114 valence electrons. The molecule has 0 spiro atoms. The molecular weight excluding hydrogens is 272 g/mol. The van der Waals surface area contributed by atoms with E-state index >= 15 is 0 Å². The van der Waals surface area contributed by atoms with Crippen LogP contribution in [0.3, 0.4) is 0 Å². The van der Waals surface area contributed by atoms with Gasteiger partial charge in [0.05, 0.1) is 6.61 Å². The zero-order valence-electron chi connectivity index (χ0n) is 11.8. The maximum atomic E-state index is 12.4. The summed E-state index contributed by atoms with van der Waals surface area (Å²) in [6, 6.07) is 6.81. The highest BCUT2D eigenvalue weighted by Crippen LogP contribution is 2.26. The minimum Gasteiger partial charge on any atom is -0.484 e. The number of aliphatic hydroxyl groups excluding tert-OH is 1. The van der Waals surface area contributed by atoms with E-state index in [9.17, 15) is 9.59 Å². The molecule has 0 bridgehead atoms. The first-order valence-corrected chi connectivity index (χ1v) is 7.05. The van der Waals surface area contributed by atoms with E-state index < -0.39 is 5.91 Å². The maximum absolute atomic E-state index is 12.4. The van der Waals surface area contributed by atoms with E-state index in [0.717, 1.165) is 19.3 Å². The summed E-state index contributed by atoms with van der Waals surface area (Å²) >= 11 is 0. The van der Waals surface area contributed by atoms with Crippen LogP contribution in [0.25, 0.3) is 0 Å². The van der Waals surface area contributed by atoms with E-state index in [4.69, 9.17) is 15.6 Å². The van der Waals surface area contributed by atoms with Gasteiger partial charge >= 0.3 is 0 Å². The van der Waals surface area contributed by atoms with Crippen LogP contribution >= 0.6 is 0 Å². The minimum absolute atomic E-state index is 0.0396. The molecule has 0 heterocycles. The van der Waals surface area contributed by atoms with Crippen molar-refractivity contribution in [2.45, 2.75) is 25.3 Å². The highest BCUT2D eigenvalue weighted by atomic mass is 16.5. The molecule has 1 fully saturated rings. The van der Waals surface area contributed by atoms with Crippen LogP contribution in [0.2, 0.25) is 0 Å². The second kappa shape index (κ2) is 7.08. The lowest BCUT2D eigenvalue weighted by Crippen LogP contribution is -2.45. The largest absolute Gasteiger partial charge is 0.484 e. The normalized spacial score (nSPS) is 14.3. The van der Waals surface area contributed by atoms with Crippen molar-refractivity contribution >= 4 is 11.8 Å². The summed E-state index contributed by atoms with van der Waals surface area (Å²) in [4.78, 5) is 24.8. The number of nitrogens with zero attached hydrogens (tertiary/aromatic N) is 1. The van der Waals surface area contributed by atoms with Crippen LogP contribution in [-0.2, 0) is 4.79 Å². The van der Waals surface area contributed by atoms with Crippen LogP contribution in [0.5, 0.6) is 5.75 Å². The smallest absolute Gasteiger partial charge is 0.255 e. The van der Waals surface area contributed by atoms with Crippen LogP contribution in [0.1, 0.15) is 29.6 Å². The van der Waals surface area contributed by atoms with Gasteiger partial charge in [0.25, 0.3) is 11.8 Å². The summed E-state index contributed by atoms with van der Waals surface area (Å²) in [6.45, 7) is 0.122. The van der Waals surface area contributed by atoms with Gasteiger partial charge in [0.1, 0.15) is 5.75 Å². The predicted molar refractivity (Wildman–Crippen MR) is 76.9 cm³/mol. The highest BCUT2D eigenvalue weighted by molar-refractivity contribution is 5.94. The summed E-state index contributed by atoms with van der Waals surface area (Å²) in [5.41, 5.74) is 5.54. The number of ether oxygens (including phenoxy) is 1. The van der Waals surface area contributed by atoms with E-state index in [1.165, 1.54) is 0 Å². The fraction of sp³-hybridized carbons (Fsp3) is 0.467. The number of hydrogen-bond donors (Lipinski definition) is 2. The minimum atomic E-state index is -0.547. The molecule has 0 aromatic heterocycles. The van der Waals surface area contributed by atoms with Crippen LogP contribution in [-0.4, -0.2) is 47.6 Å². The lowest BCUT2D eigenvalue weighted by molar-refractivity contribution is -0.119.